The molecule has 2 unspecified atom stereocenters. The molecule has 5 atom stereocenters. The first-order valence-electron chi connectivity index (χ1n) is 12.5. The van der Waals surface area contributed by atoms with Gasteiger partial charge in [0.2, 0.25) is 5.91 Å². The Hall–Kier alpha value is -2.80. The van der Waals surface area contributed by atoms with E-state index in [1.54, 1.807) is 6.07 Å². The first kappa shape index (κ1) is 23.0. The van der Waals surface area contributed by atoms with E-state index >= 15 is 0 Å². The van der Waals surface area contributed by atoms with Gasteiger partial charge in [0.25, 0.3) is 0 Å². The summed E-state index contributed by atoms with van der Waals surface area (Å²) in [5.41, 5.74) is 8.90. The van der Waals surface area contributed by atoms with E-state index in [2.05, 4.69) is 15.6 Å². The minimum atomic E-state index is -0.273. The van der Waals surface area contributed by atoms with Crippen LogP contribution < -0.4 is 16.4 Å². The number of nitrogens with zero attached hydrogens (tertiary/aromatic N) is 1. The number of aromatic nitrogens is 1. The fraction of sp³-hybridized carbons (Fsp3) is 0.519. The highest BCUT2D eigenvalue weighted by atomic mass is 19.1. The number of nitrogens with one attached hydrogen (secondary N) is 2. The third-order valence-corrected chi connectivity index (χ3v) is 7.86. The fourth-order valence-electron chi connectivity index (χ4n) is 6.09. The van der Waals surface area contributed by atoms with Gasteiger partial charge in [0.1, 0.15) is 11.6 Å². The number of amides is 1. The summed E-state index contributed by atoms with van der Waals surface area (Å²) >= 11 is 0. The minimum absolute atomic E-state index is 0.00594. The predicted molar refractivity (Wildman–Crippen MR) is 128 cm³/mol. The normalized spacial score (nSPS) is 28.4. The molecule has 0 spiro atoms. The summed E-state index contributed by atoms with van der Waals surface area (Å²) in [5, 5.41) is 6.63. The molecule has 3 aliphatic rings. The zero-order valence-electron chi connectivity index (χ0n) is 19.4. The molecule has 2 aliphatic carbocycles. The molecule has 0 bridgehead atoms. The van der Waals surface area contributed by atoms with Gasteiger partial charge in [-0.2, -0.15) is 0 Å². The second-order valence-corrected chi connectivity index (χ2v) is 10.2. The van der Waals surface area contributed by atoms with Gasteiger partial charge in [0, 0.05) is 17.5 Å². The Balaban J connectivity index is 1.21. The lowest BCUT2D eigenvalue weighted by Crippen LogP contribution is -2.45. The Kier molecular flexibility index (Phi) is 6.63. The number of fused-ring (bicyclic) bond motifs is 1. The number of hydrogen-bond donors (Lipinski definition) is 3. The Bertz CT molecular complexity index is 1060. The van der Waals surface area contributed by atoms with Crippen LogP contribution in [0.3, 0.4) is 0 Å². The zero-order chi connectivity index (χ0) is 23.7. The molecule has 1 saturated heterocycles. The van der Waals surface area contributed by atoms with Gasteiger partial charge in [0.05, 0.1) is 12.1 Å². The first-order valence-corrected chi connectivity index (χ1v) is 12.5. The molecule has 1 aromatic heterocycles. The number of aryl methyl sites for hydroxylation is 1. The number of Topliss-reactive ketones (excluding diaryl/α,β-unsaturated/α-hetero) is 1. The summed E-state index contributed by atoms with van der Waals surface area (Å²) in [6.45, 7) is 0.770. The van der Waals surface area contributed by atoms with Crippen LogP contribution in [0.5, 0.6) is 0 Å². The molecule has 2 aromatic rings. The third kappa shape index (κ3) is 4.85. The molecule has 1 aliphatic heterocycles. The van der Waals surface area contributed by atoms with Crippen LogP contribution in [-0.4, -0.2) is 29.3 Å². The third-order valence-electron chi connectivity index (χ3n) is 7.86. The molecule has 2 heterocycles. The van der Waals surface area contributed by atoms with Crippen molar-refractivity contribution in [1.29, 1.82) is 0 Å². The maximum absolute atomic E-state index is 13.5. The molecule has 2 fully saturated rings. The molecule has 180 valence electrons. The average Bonchev–Trinajstić information content (AvgIpc) is 3.47. The lowest BCUT2D eigenvalue weighted by atomic mass is 9.74. The molecule has 7 heteroatoms. The van der Waals surface area contributed by atoms with Crippen molar-refractivity contribution in [3.8, 4) is 0 Å². The summed E-state index contributed by atoms with van der Waals surface area (Å²) < 4.78 is 13.2. The van der Waals surface area contributed by atoms with E-state index in [1.807, 2.05) is 18.2 Å². The van der Waals surface area contributed by atoms with Crippen molar-refractivity contribution >= 4 is 17.5 Å². The van der Waals surface area contributed by atoms with E-state index in [-0.39, 0.29) is 41.4 Å². The SMILES string of the molecule is Nc1ccc2c(n1)CCC2NC(=O)[C@@H]1CCCCC1C(=O)[C@H]1C[C@H](Cc2ccc(F)cc2)CN1. The van der Waals surface area contributed by atoms with Crippen molar-refractivity contribution in [1.82, 2.24) is 15.6 Å². The molecule has 6 nitrogen and oxygen atoms in total. The van der Waals surface area contributed by atoms with Crippen LogP contribution in [0.25, 0.3) is 0 Å². The number of halogens is 1. The Morgan fingerprint density at radius 3 is 2.62 bits per heavy atom. The van der Waals surface area contributed by atoms with Crippen LogP contribution >= 0.6 is 0 Å². The van der Waals surface area contributed by atoms with Gasteiger partial charge in [-0.15, -0.1) is 0 Å². The van der Waals surface area contributed by atoms with Crippen molar-refractivity contribution in [3.63, 3.8) is 0 Å². The van der Waals surface area contributed by atoms with Crippen LogP contribution in [-0.2, 0) is 22.4 Å². The van der Waals surface area contributed by atoms with Crippen LogP contribution in [0.2, 0.25) is 0 Å². The number of pyridine rings is 1. The molecule has 5 rings (SSSR count). The topological polar surface area (TPSA) is 97.1 Å². The molecular formula is C27H33FN4O2. The number of rotatable bonds is 6. The molecular weight excluding hydrogens is 431 g/mol. The molecule has 4 N–H and O–H groups in total. The molecule has 1 aromatic carbocycles. The van der Waals surface area contributed by atoms with E-state index in [1.165, 1.54) is 12.1 Å². The highest BCUT2D eigenvalue weighted by molar-refractivity contribution is 5.92. The second-order valence-electron chi connectivity index (χ2n) is 10.2. The summed E-state index contributed by atoms with van der Waals surface area (Å²) in [7, 11) is 0. The molecule has 34 heavy (non-hydrogen) atoms. The van der Waals surface area contributed by atoms with Gasteiger partial charge in [-0.05, 0) is 80.3 Å². The molecule has 1 saturated carbocycles. The Morgan fingerprint density at radius 2 is 1.82 bits per heavy atom. The van der Waals surface area contributed by atoms with Gasteiger partial charge in [-0.1, -0.05) is 31.0 Å². The van der Waals surface area contributed by atoms with Crippen molar-refractivity contribution in [3.05, 3.63) is 59.0 Å². The summed E-state index contributed by atoms with van der Waals surface area (Å²) in [6.07, 6.45) is 6.71. The van der Waals surface area contributed by atoms with Crippen LogP contribution in [0, 0.1) is 23.6 Å². The van der Waals surface area contributed by atoms with Crippen molar-refractivity contribution in [2.45, 2.75) is 63.5 Å². The van der Waals surface area contributed by atoms with Gasteiger partial charge < -0.3 is 16.4 Å². The monoisotopic (exact) mass is 464 g/mol. The molecule has 0 radical (unpaired) electrons. The number of carbonyl (C=O) groups is 2. The highest BCUT2D eigenvalue weighted by Crippen LogP contribution is 2.36. The number of nitrogens with two attached hydrogens (primary N) is 1. The number of ketones is 1. The number of carbonyl (C=O) groups excluding carboxylic acids is 2. The average molecular weight is 465 g/mol. The van der Waals surface area contributed by atoms with Crippen LogP contribution in [0.1, 0.15) is 61.4 Å². The Morgan fingerprint density at radius 1 is 1.06 bits per heavy atom. The van der Waals surface area contributed by atoms with E-state index < -0.39 is 0 Å². The van der Waals surface area contributed by atoms with Crippen molar-refractivity contribution in [2.75, 3.05) is 12.3 Å². The number of benzene rings is 1. The van der Waals surface area contributed by atoms with E-state index in [0.29, 0.717) is 11.7 Å². The number of anilines is 1. The van der Waals surface area contributed by atoms with Gasteiger partial charge in [-0.3, -0.25) is 9.59 Å². The van der Waals surface area contributed by atoms with E-state index in [9.17, 15) is 14.0 Å². The van der Waals surface area contributed by atoms with Crippen LogP contribution in [0.4, 0.5) is 10.2 Å². The van der Waals surface area contributed by atoms with Crippen LogP contribution in [0.15, 0.2) is 36.4 Å². The largest absolute Gasteiger partial charge is 0.384 e. The summed E-state index contributed by atoms with van der Waals surface area (Å²) in [6, 6.07) is 10.1. The first-order chi connectivity index (χ1) is 16.5. The van der Waals surface area contributed by atoms with E-state index in [0.717, 1.165) is 74.7 Å². The van der Waals surface area contributed by atoms with Crippen molar-refractivity contribution < 1.29 is 14.0 Å². The number of nitrogen functional groups attached to an aromatic ring is 1. The van der Waals surface area contributed by atoms with Gasteiger partial charge in [-0.25, -0.2) is 9.37 Å². The zero-order valence-corrected chi connectivity index (χ0v) is 19.4. The quantitative estimate of drug-likeness (QED) is 0.608. The lowest BCUT2D eigenvalue weighted by Gasteiger charge is -2.32. The smallest absolute Gasteiger partial charge is 0.224 e. The second kappa shape index (κ2) is 9.82. The minimum Gasteiger partial charge on any atom is -0.384 e. The lowest BCUT2D eigenvalue weighted by molar-refractivity contribution is -0.136. The fourth-order valence-corrected chi connectivity index (χ4v) is 6.09. The maximum Gasteiger partial charge on any atom is 0.224 e. The Labute approximate surface area is 199 Å². The van der Waals surface area contributed by atoms with Crippen molar-refractivity contribution in [2.24, 2.45) is 17.8 Å². The summed E-state index contributed by atoms with van der Waals surface area (Å²) in [5.74, 6) is 0.280. The maximum atomic E-state index is 13.5. The van der Waals surface area contributed by atoms with Gasteiger partial charge >= 0.3 is 0 Å². The number of hydrogen-bond acceptors (Lipinski definition) is 5. The highest BCUT2D eigenvalue weighted by Gasteiger charge is 2.41. The van der Waals surface area contributed by atoms with E-state index in [4.69, 9.17) is 5.73 Å². The standard InChI is InChI=1S/C27H33FN4O2/c28-18-7-5-16(6-8-18)13-17-14-24(30-15-17)26(33)19-3-1-2-4-20(19)27(34)32-23-11-10-22-21(23)9-12-25(29)31-22/h5-9,12,17,19-20,23-24,30H,1-4,10-11,13-15H2,(H2,29,31)(H,32,34)/t17-,19?,20+,23?,24+/m0/s1. The summed E-state index contributed by atoms with van der Waals surface area (Å²) in [4.78, 5) is 31.3. The molecule has 1 amide bonds. The van der Waals surface area contributed by atoms with Gasteiger partial charge in [0.15, 0.2) is 5.78 Å². The predicted octanol–water partition coefficient (Wildman–Crippen LogP) is 3.50.